The van der Waals surface area contributed by atoms with Gasteiger partial charge in [0.2, 0.25) is 0 Å². The molecule has 92 valence electrons. The molecule has 0 bridgehead atoms. The van der Waals surface area contributed by atoms with Crippen LogP contribution in [0.15, 0.2) is 18.2 Å². The van der Waals surface area contributed by atoms with Gasteiger partial charge in [-0.25, -0.2) is 0 Å². The lowest BCUT2D eigenvalue weighted by atomic mass is 10.0. The summed E-state index contributed by atoms with van der Waals surface area (Å²) in [7, 11) is 0. The van der Waals surface area contributed by atoms with E-state index in [-0.39, 0.29) is 5.54 Å². The van der Waals surface area contributed by atoms with E-state index in [0.717, 1.165) is 19.5 Å². The van der Waals surface area contributed by atoms with Crippen molar-refractivity contribution in [2.45, 2.75) is 57.8 Å². The molecule has 1 aliphatic heterocycles. The van der Waals surface area contributed by atoms with Crippen LogP contribution >= 0.6 is 0 Å². The van der Waals surface area contributed by atoms with E-state index in [0.29, 0.717) is 6.04 Å². The predicted molar refractivity (Wildman–Crippen MR) is 70.7 cm³/mol. The monoisotopic (exact) mass is 230 g/mol. The molecule has 1 saturated carbocycles. The van der Waals surface area contributed by atoms with E-state index in [1.165, 1.54) is 29.5 Å². The number of nitrogens with two attached hydrogens (primary N) is 1. The first-order chi connectivity index (χ1) is 8.06. The van der Waals surface area contributed by atoms with Crippen molar-refractivity contribution in [2.75, 3.05) is 0 Å². The zero-order chi connectivity index (χ0) is 12.0. The third-order valence-corrected chi connectivity index (χ3v) is 4.20. The van der Waals surface area contributed by atoms with Gasteiger partial charge in [0, 0.05) is 24.7 Å². The zero-order valence-electron chi connectivity index (χ0n) is 10.9. The van der Waals surface area contributed by atoms with Crippen LogP contribution in [0.25, 0.3) is 0 Å². The second-order valence-electron chi connectivity index (χ2n) is 6.14. The van der Waals surface area contributed by atoms with Crippen LogP contribution in [0.2, 0.25) is 0 Å². The van der Waals surface area contributed by atoms with Crippen molar-refractivity contribution in [3.63, 3.8) is 0 Å². The second kappa shape index (κ2) is 3.82. The van der Waals surface area contributed by atoms with E-state index in [2.05, 4.69) is 36.9 Å². The summed E-state index contributed by atoms with van der Waals surface area (Å²) in [6.07, 6.45) is 3.45. The Balaban J connectivity index is 1.77. The maximum absolute atomic E-state index is 6.19. The van der Waals surface area contributed by atoms with Gasteiger partial charge >= 0.3 is 0 Å². The summed E-state index contributed by atoms with van der Waals surface area (Å²) in [5.41, 5.74) is 10.8. The van der Waals surface area contributed by atoms with Gasteiger partial charge < -0.3 is 5.73 Å². The van der Waals surface area contributed by atoms with Crippen LogP contribution < -0.4 is 5.73 Å². The molecule has 3 rings (SSSR count). The summed E-state index contributed by atoms with van der Waals surface area (Å²) in [5.74, 6) is 0. The van der Waals surface area contributed by atoms with Gasteiger partial charge in [-0.1, -0.05) is 18.2 Å². The van der Waals surface area contributed by atoms with Crippen LogP contribution in [-0.4, -0.2) is 16.5 Å². The van der Waals surface area contributed by atoms with Crippen molar-refractivity contribution in [3.05, 3.63) is 34.9 Å². The number of benzene rings is 1. The summed E-state index contributed by atoms with van der Waals surface area (Å²) < 4.78 is 0. The molecule has 0 spiro atoms. The molecule has 1 aromatic rings. The van der Waals surface area contributed by atoms with Gasteiger partial charge in [-0.05, 0) is 49.8 Å². The molecule has 2 nitrogen and oxygen atoms in total. The topological polar surface area (TPSA) is 29.3 Å². The molecule has 0 atom stereocenters. The van der Waals surface area contributed by atoms with Crippen LogP contribution in [0.3, 0.4) is 0 Å². The van der Waals surface area contributed by atoms with E-state index in [1.807, 2.05) is 0 Å². The largest absolute Gasteiger partial charge is 0.325 e. The highest BCUT2D eigenvalue weighted by Gasteiger charge is 2.38. The Morgan fingerprint density at radius 3 is 2.59 bits per heavy atom. The number of nitrogens with zero attached hydrogens (tertiary/aromatic N) is 1. The Bertz CT molecular complexity index is 433. The number of fused-ring (bicyclic) bond motifs is 1. The van der Waals surface area contributed by atoms with Gasteiger partial charge in [0.05, 0.1) is 0 Å². The molecule has 17 heavy (non-hydrogen) atoms. The number of hydrogen-bond acceptors (Lipinski definition) is 2. The fourth-order valence-electron chi connectivity index (χ4n) is 2.69. The average molecular weight is 230 g/mol. The van der Waals surface area contributed by atoms with E-state index in [9.17, 15) is 0 Å². The Morgan fingerprint density at radius 1 is 1.24 bits per heavy atom. The normalized spacial score (nSPS) is 21.9. The van der Waals surface area contributed by atoms with Crippen LogP contribution in [0.5, 0.6) is 0 Å². The molecule has 0 unspecified atom stereocenters. The van der Waals surface area contributed by atoms with E-state index in [4.69, 9.17) is 5.73 Å². The Kier molecular flexibility index (Phi) is 2.53. The third-order valence-electron chi connectivity index (χ3n) is 4.20. The van der Waals surface area contributed by atoms with Crippen LogP contribution in [0.4, 0.5) is 0 Å². The highest BCUT2D eigenvalue weighted by Crippen LogP contribution is 2.36. The van der Waals surface area contributed by atoms with Crippen molar-refractivity contribution in [2.24, 2.45) is 5.73 Å². The molecule has 0 radical (unpaired) electrons. The molecular weight excluding hydrogens is 208 g/mol. The fraction of sp³-hybridized carbons (Fsp3) is 0.600. The van der Waals surface area contributed by atoms with Crippen molar-refractivity contribution >= 4 is 0 Å². The summed E-state index contributed by atoms with van der Waals surface area (Å²) in [6, 6.07) is 7.59. The fourth-order valence-corrected chi connectivity index (χ4v) is 2.69. The van der Waals surface area contributed by atoms with Crippen molar-refractivity contribution in [1.29, 1.82) is 0 Å². The maximum Gasteiger partial charge on any atom is 0.0243 e. The molecule has 1 heterocycles. The molecule has 0 saturated heterocycles. The minimum Gasteiger partial charge on any atom is -0.325 e. The second-order valence-corrected chi connectivity index (χ2v) is 6.14. The quantitative estimate of drug-likeness (QED) is 0.864. The molecule has 0 amide bonds. The van der Waals surface area contributed by atoms with Gasteiger partial charge in [-0.3, -0.25) is 4.90 Å². The summed E-state index contributed by atoms with van der Waals surface area (Å²) in [5, 5.41) is 0. The molecular formula is C15H22N2. The standard InChI is InChI=1S/C15H22N2/c1-11(2)17-9-13-4-3-12(7-14(13)10-17)8-15(16)5-6-15/h3-4,7,11H,5-6,8-10,16H2,1-2H3. The lowest BCUT2D eigenvalue weighted by Gasteiger charge is -2.18. The third kappa shape index (κ3) is 2.24. The van der Waals surface area contributed by atoms with Gasteiger partial charge in [0.1, 0.15) is 0 Å². The lowest BCUT2D eigenvalue weighted by Crippen LogP contribution is -2.24. The average Bonchev–Trinajstić information content (AvgIpc) is 2.84. The lowest BCUT2D eigenvalue weighted by molar-refractivity contribution is 0.227. The summed E-state index contributed by atoms with van der Waals surface area (Å²) in [6.45, 7) is 6.76. The van der Waals surface area contributed by atoms with Crippen LogP contribution in [-0.2, 0) is 19.5 Å². The minimum atomic E-state index is 0.130. The highest BCUT2D eigenvalue weighted by molar-refractivity contribution is 5.36. The first kappa shape index (κ1) is 11.2. The Hall–Kier alpha value is -0.860. The van der Waals surface area contributed by atoms with Crippen molar-refractivity contribution in [3.8, 4) is 0 Å². The molecule has 1 aromatic carbocycles. The van der Waals surface area contributed by atoms with Gasteiger partial charge in [-0.15, -0.1) is 0 Å². The van der Waals surface area contributed by atoms with E-state index < -0.39 is 0 Å². The van der Waals surface area contributed by atoms with Crippen molar-refractivity contribution in [1.82, 2.24) is 4.90 Å². The number of rotatable bonds is 3. The number of hydrogen-bond donors (Lipinski definition) is 1. The zero-order valence-corrected chi connectivity index (χ0v) is 10.9. The maximum atomic E-state index is 6.19. The molecule has 1 aliphatic carbocycles. The van der Waals surface area contributed by atoms with Crippen LogP contribution in [0, 0.1) is 0 Å². The molecule has 0 aromatic heterocycles. The summed E-state index contributed by atoms with van der Waals surface area (Å²) >= 11 is 0. The first-order valence-electron chi connectivity index (χ1n) is 6.69. The van der Waals surface area contributed by atoms with Gasteiger partial charge in [-0.2, -0.15) is 0 Å². The van der Waals surface area contributed by atoms with Crippen LogP contribution in [0.1, 0.15) is 43.4 Å². The van der Waals surface area contributed by atoms with E-state index >= 15 is 0 Å². The Morgan fingerprint density at radius 2 is 1.94 bits per heavy atom. The minimum absolute atomic E-state index is 0.130. The van der Waals surface area contributed by atoms with Gasteiger partial charge in [0.15, 0.2) is 0 Å². The van der Waals surface area contributed by atoms with Gasteiger partial charge in [0.25, 0.3) is 0 Å². The molecule has 2 heteroatoms. The molecule has 2 N–H and O–H groups in total. The summed E-state index contributed by atoms with van der Waals surface area (Å²) in [4.78, 5) is 2.52. The first-order valence-corrected chi connectivity index (χ1v) is 6.69. The highest BCUT2D eigenvalue weighted by atomic mass is 15.2. The Labute approximate surface area is 104 Å². The smallest absolute Gasteiger partial charge is 0.0243 e. The molecule has 1 fully saturated rings. The van der Waals surface area contributed by atoms with Crippen molar-refractivity contribution < 1.29 is 0 Å². The molecule has 2 aliphatic rings. The SMILES string of the molecule is CC(C)N1Cc2ccc(CC3(N)CC3)cc2C1. The predicted octanol–water partition coefficient (Wildman–Crippen LogP) is 2.44. The van der Waals surface area contributed by atoms with E-state index in [1.54, 1.807) is 0 Å².